The summed E-state index contributed by atoms with van der Waals surface area (Å²) in [6.07, 6.45) is 1.77. The largest absolute Gasteiger partial charge is 0.379 e. The zero-order valence-corrected chi connectivity index (χ0v) is 18.7. The Kier molecular flexibility index (Phi) is 6.41. The first-order valence-corrected chi connectivity index (χ1v) is 11.3. The van der Waals surface area contributed by atoms with Gasteiger partial charge in [0.15, 0.2) is 0 Å². The molecule has 1 aliphatic heterocycles. The maximum absolute atomic E-state index is 12.1. The van der Waals surface area contributed by atoms with Gasteiger partial charge in [-0.2, -0.15) is 0 Å². The standard InChI is InChI=1S/C28H25N3O3/c32-28(30-33)26-17-24(18-27-25(26)11-12-29-27)23-9-7-21(8-10-23)2-1-20-3-5-22(6-4-20)19-31-13-15-34-16-14-31/h3-12,17-18,29,33H,13-16,19H2,(H,30,32). The zero-order valence-electron chi connectivity index (χ0n) is 18.7. The first-order chi connectivity index (χ1) is 16.7. The van der Waals surface area contributed by atoms with Crippen molar-refractivity contribution in [1.29, 1.82) is 0 Å². The van der Waals surface area contributed by atoms with Gasteiger partial charge in [0.1, 0.15) is 0 Å². The predicted molar refractivity (Wildman–Crippen MR) is 132 cm³/mol. The molecular formula is C28H25N3O3. The van der Waals surface area contributed by atoms with E-state index in [1.165, 1.54) is 5.56 Å². The summed E-state index contributed by atoms with van der Waals surface area (Å²) in [5.74, 6) is 5.92. The van der Waals surface area contributed by atoms with Crippen molar-refractivity contribution in [2.24, 2.45) is 0 Å². The summed E-state index contributed by atoms with van der Waals surface area (Å²) in [4.78, 5) is 17.6. The number of hydrogen-bond donors (Lipinski definition) is 3. The Morgan fingerprint density at radius 1 is 0.941 bits per heavy atom. The molecule has 0 aliphatic carbocycles. The Morgan fingerprint density at radius 2 is 1.62 bits per heavy atom. The molecule has 0 bridgehead atoms. The first kappa shape index (κ1) is 21.9. The van der Waals surface area contributed by atoms with E-state index in [4.69, 9.17) is 9.94 Å². The monoisotopic (exact) mass is 451 g/mol. The topological polar surface area (TPSA) is 77.6 Å². The van der Waals surface area contributed by atoms with Gasteiger partial charge in [-0.15, -0.1) is 0 Å². The number of hydroxylamine groups is 1. The van der Waals surface area contributed by atoms with Gasteiger partial charge < -0.3 is 9.72 Å². The number of benzene rings is 3. The van der Waals surface area contributed by atoms with Crippen LogP contribution in [0.2, 0.25) is 0 Å². The van der Waals surface area contributed by atoms with Crippen molar-refractivity contribution in [2.75, 3.05) is 26.3 Å². The lowest BCUT2D eigenvalue weighted by Gasteiger charge is -2.26. The van der Waals surface area contributed by atoms with Gasteiger partial charge in [0, 0.05) is 47.9 Å². The van der Waals surface area contributed by atoms with E-state index in [0.717, 1.165) is 66.0 Å². The van der Waals surface area contributed by atoms with Crippen LogP contribution in [0.15, 0.2) is 72.9 Å². The summed E-state index contributed by atoms with van der Waals surface area (Å²) < 4.78 is 5.41. The van der Waals surface area contributed by atoms with Crippen molar-refractivity contribution in [3.05, 3.63) is 95.2 Å². The Bertz CT molecular complexity index is 1360. The second-order valence-corrected chi connectivity index (χ2v) is 8.32. The van der Waals surface area contributed by atoms with E-state index < -0.39 is 5.91 Å². The predicted octanol–water partition coefficient (Wildman–Crippen LogP) is 4.19. The number of carbonyl (C=O) groups excluding carboxylic acids is 1. The molecule has 2 heterocycles. The Balaban J connectivity index is 1.30. The fourth-order valence-electron chi connectivity index (χ4n) is 4.18. The highest BCUT2D eigenvalue weighted by atomic mass is 16.5. The van der Waals surface area contributed by atoms with E-state index in [9.17, 15) is 4.79 Å². The van der Waals surface area contributed by atoms with Gasteiger partial charge in [0.05, 0.1) is 18.8 Å². The molecule has 170 valence electrons. The van der Waals surface area contributed by atoms with Crippen LogP contribution < -0.4 is 5.48 Å². The number of ether oxygens (including phenoxy) is 1. The molecule has 1 saturated heterocycles. The van der Waals surface area contributed by atoms with Gasteiger partial charge in [-0.25, -0.2) is 5.48 Å². The number of hydrogen-bond acceptors (Lipinski definition) is 4. The molecule has 6 nitrogen and oxygen atoms in total. The minimum absolute atomic E-state index is 0.414. The molecule has 6 heteroatoms. The van der Waals surface area contributed by atoms with E-state index in [-0.39, 0.29) is 0 Å². The second-order valence-electron chi connectivity index (χ2n) is 8.32. The summed E-state index contributed by atoms with van der Waals surface area (Å²) in [5.41, 5.74) is 7.98. The fraction of sp³-hybridized carbons (Fsp3) is 0.179. The molecule has 0 radical (unpaired) electrons. The average Bonchev–Trinajstić information content (AvgIpc) is 3.37. The van der Waals surface area contributed by atoms with E-state index >= 15 is 0 Å². The second kappa shape index (κ2) is 9.94. The number of nitrogens with one attached hydrogen (secondary N) is 2. The maximum Gasteiger partial charge on any atom is 0.275 e. The number of nitrogens with zero attached hydrogens (tertiary/aromatic N) is 1. The van der Waals surface area contributed by atoms with Gasteiger partial charge >= 0.3 is 0 Å². The summed E-state index contributed by atoms with van der Waals surface area (Å²) >= 11 is 0. The summed E-state index contributed by atoms with van der Waals surface area (Å²) in [6, 6.07) is 21.9. The van der Waals surface area contributed by atoms with Crippen LogP contribution in [0.3, 0.4) is 0 Å². The molecule has 1 aromatic heterocycles. The summed E-state index contributed by atoms with van der Waals surface area (Å²) in [7, 11) is 0. The lowest BCUT2D eigenvalue weighted by atomic mass is 9.99. The molecule has 0 saturated carbocycles. The third kappa shape index (κ3) is 4.87. The summed E-state index contributed by atoms with van der Waals surface area (Å²) in [5, 5.41) is 9.85. The van der Waals surface area contributed by atoms with Crippen molar-refractivity contribution in [3.8, 4) is 23.0 Å². The van der Waals surface area contributed by atoms with Crippen molar-refractivity contribution in [2.45, 2.75) is 6.54 Å². The lowest BCUT2D eigenvalue weighted by Crippen LogP contribution is -2.35. The van der Waals surface area contributed by atoms with E-state index in [2.05, 4.69) is 46.0 Å². The van der Waals surface area contributed by atoms with Crippen LogP contribution >= 0.6 is 0 Å². The van der Waals surface area contributed by atoms with Gasteiger partial charge in [-0.05, 0) is 59.2 Å². The molecule has 5 rings (SSSR count). The molecular weight excluding hydrogens is 426 g/mol. The van der Waals surface area contributed by atoms with Gasteiger partial charge in [0.25, 0.3) is 5.91 Å². The minimum atomic E-state index is -0.537. The van der Waals surface area contributed by atoms with Crippen LogP contribution in [0.4, 0.5) is 0 Å². The number of H-pyrrole nitrogens is 1. The zero-order chi connectivity index (χ0) is 23.3. The van der Waals surface area contributed by atoms with Crippen LogP contribution in [0.25, 0.3) is 22.0 Å². The SMILES string of the molecule is O=C(NO)c1cc(-c2ccc(C#Cc3ccc(CN4CCOCC4)cc3)cc2)cc2[nH]ccc12. The molecule has 0 unspecified atom stereocenters. The third-order valence-electron chi connectivity index (χ3n) is 6.05. The molecule has 1 fully saturated rings. The van der Waals surface area contributed by atoms with Crippen molar-refractivity contribution in [1.82, 2.24) is 15.4 Å². The van der Waals surface area contributed by atoms with Crippen LogP contribution in [-0.2, 0) is 11.3 Å². The van der Waals surface area contributed by atoms with Crippen LogP contribution in [0.1, 0.15) is 27.0 Å². The Labute approximate surface area is 198 Å². The molecule has 3 N–H and O–H groups in total. The average molecular weight is 452 g/mol. The first-order valence-electron chi connectivity index (χ1n) is 11.3. The van der Waals surface area contributed by atoms with E-state index in [1.807, 2.05) is 36.4 Å². The van der Waals surface area contributed by atoms with Crippen molar-refractivity contribution in [3.63, 3.8) is 0 Å². The molecule has 1 amide bonds. The maximum atomic E-state index is 12.1. The molecule has 0 atom stereocenters. The molecule has 4 aromatic rings. The number of morpholine rings is 1. The van der Waals surface area contributed by atoms with Crippen LogP contribution in [-0.4, -0.2) is 47.3 Å². The number of rotatable bonds is 4. The quantitative estimate of drug-likeness (QED) is 0.247. The van der Waals surface area contributed by atoms with Crippen molar-refractivity contribution >= 4 is 16.8 Å². The van der Waals surface area contributed by atoms with E-state index in [0.29, 0.717) is 5.56 Å². The smallest absolute Gasteiger partial charge is 0.275 e. The van der Waals surface area contributed by atoms with E-state index in [1.54, 1.807) is 17.7 Å². The fourth-order valence-corrected chi connectivity index (χ4v) is 4.18. The molecule has 0 spiro atoms. The number of fused-ring (bicyclic) bond motifs is 1. The van der Waals surface area contributed by atoms with Crippen LogP contribution in [0.5, 0.6) is 0 Å². The highest BCUT2D eigenvalue weighted by Gasteiger charge is 2.13. The number of carbonyl (C=O) groups is 1. The van der Waals surface area contributed by atoms with Crippen molar-refractivity contribution < 1.29 is 14.7 Å². The van der Waals surface area contributed by atoms with Gasteiger partial charge in [-0.3, -0.25) is 14.9 Å². The normalized spacial score (nSPS) is 13.9. The number of aromatic nitrogens is 1. The molecule has 1 aliphatic rings. The molecule has 3 aromatic carbocycles. The third-order valence-corrected chi connectivity index (χ3v) is 6.05. The Hall–Kier alpha value is -3.89. The lowest BCUT2D eigenvalue weighted by molar-refractivity contribution is 0.0342. The minimum Gasteiger partial charge on any atom is -0.379 e. The van der Waals surface area contributed by atoms with Crippen LogP contribution in [0, 0.1) is 11.8 Å². The number of aromatic amines is 1. The number of amides is 1. The molecule has 34 heavy (non-hydrogen) atoms. The van der Waals surface area contributed by atoms with Gasteiger partial charge in [0.2, 0.25) is 0 Å². The highest BCUT2D eigenvalue weighted by molar-refractivity contribution is 6.07. The summed E-state index contributed by atoms with van der Waals surface area (Å²) in [6.45, 7) is 4.51. The highest BCUT2D eigenvalue weighted by Crippen LogP contribution is 2.27. The Morgan fingerprint density at radius 3 is 2.29 bits per heavy atom. The van der Waals surface area contributed by atoms with Gasteiger partial charge in [-0.1, -0.05) is 36.1 Å².